The van der Waals surface area contributed by atoms with Crippen LogP contribution in [0.3, 0.4) is 0 Å². The third-order valence-electron chi connectivity index (χ3n) is 5.51. The summed E-state index contributed by atoms with van der Waals surface area (Å²) in [6.45, 7) is 7.02. The quantitative estimate of drug-likeness (QED) is 0.669. The number of fused-ring (bicyclic) bond motifs is 1. The highest BCUT2D eigenvalue weighted by Crippen LogP contribution is 2.24. The highest BCUT2D eigenvalue weighted by atomic mass is 19.1. The standard InChI is InChI=1S/C23H28FN5O/c1-16(2)14-29-21(27-20-7-4-9-25-22(20)29)12-18-8-10-28(15-18)23(30)26-13-17-5-3-6-19(24)11-17/h3-7,9,11,16,18H,8,10,12-15H2,1-2H3,(H,26,30)/t18-/m0/s1. The Morgan fingerprint density at radius 1 is 1.30 bits per heavy atom. The van der Waals surface area contributed by atoms with Gasteiger partial charge in [0.1, 0.15) is 17.2 Å². The Morgan fingerprint density at radius 3 is 2.97 bits per heavy atom. The van der Waals surface area contributed by atoms with Crippen LogP contribution >= 0.6 is 0 Å². The molecule has 0 spiro atoms. The van der Waals surface area contributed by atoms with Crippen LogP contribution in [0.4, 0.5) is 9.18 Å². The molecule has 3 aromatic rings. The SMILES string of the molecule is CC(C)Cn1c(C[C@@H]2CCN(C(=O)NCc3cccc(F)c3)C2)nc2cccnc21. The summed E-state index contributed by atoms with van der Waals surface area (Å²) in [5.41, 5.74) is 2.62. The van der Waals surface area contributed by atoms with E-state index in [1.807, 2.05) is 29.3 Å². The summed E-state index contributed by atoms with van der Waals surface area (Å²) in [4.78, 5) is 23.8. The molecule has 1 aliphatic rings. The number of pyridine rings is 1. The molecule has 3 heterocycles. The summed E-state index contributed by atoms with van der Waals surface area (Å²) < 4.78 is 15.5. The minimum atomic E-state index is -0.290. The van der Waals surface area contributed by atoms with Gasteiger partial charge < -0.3 is 14.8 Å². The predicted octanol–water partition coefficient (Wildman–Crippen LogP) is 4.00. The molecule has 1 atom stereocenters. The van der Waals surface area contributed by atoms with Crippen LogP contribution in [0, 0.1) is 17.7 Å². The van der Waals surface area contributed by atoms with E-state index in [1.54, 1.807) is 6.07 Å². The van der Waals surface area contributed by atoms with Crippen LogP contribution < -0.4 is 5.32 Å². The molecular weight excluding hydrogens is 381 g/mol. The van der Waals surface area contributed by atoms with Gasteiger partial charge in [0, 0.05) is 38.8 Å². The van der Waals surface area contributed by atoms with Crippen LogP contribution in [0.5, 0.6) is 0 Å². The second-order valence-electron chi connectivity index (χ2n) is 8.47. The smallest absolute Gasteiger partial charge is 0.317 e. The fourth-order valence-corrected chi connectivity index (χ4v) is 4.10. The fraction of sp³-hybridized carbons (Fsp3) is 0.435. The van der Waals surface area contributed by atoms with Crippen LogP contribution in [0.1, 0.15) is 31.7 Å². The van der Waals surface area contributed by atoms with Crippen LogP contribution in [0.25, 0.3) is 11.2 Å². The Kier molecular flexibility index (Phi) is 5.97. The van der Waals surface area contributed by atoms with Gasteiger partial charge in [-0.3, -0.25) is 0 Å². The highest BCUT2D eigenvalue weighted by Gasteiger charge is 2.28. The minimum Gasteiger partial charge on any atom is -0.334 e. The lowest BCUT2D eigenvalue weighted by Gasteiger charge is -2.18. The lowest BCUT2D eigenvalue weighted by Crippen LogP contribution is -2.38. The number of rotatable bonds is 6. The molecule has 4 rings (SSSR count). The molecule has 30 heavy (non-hydrogen) atoms. The van der Waals surface area contributed by atoms with Gasteiger partial charge in [-0.15, -0.1) is 0 Å². The molecule has 0 bridgehead atoms. The van der Waals surface area contributed by atoms with Gasteiger partial charge in [-0.1, -0.05) is 26.0 Å². The van der Waals surface area contributed by atoms with Crippen molar-refractivity contribution in [3.05, 3.63) is 59.8 Å². The topological polar surface area (TPSA) is 63.1 Å². The Balaban J connectivity index is 1.38. The number of nitrogens with zero attached hydrogens (tertiary/aromatic N) is 4. The Hall–Kier alpha value is -2.96. The van der Waals surface area contributed by atoms with Crippen molar-refractivity contribution in [1.82, 2.24) is 24.8 Å². The Bertz CT molecular complexity index is 1030. The first-order valence-corrected chi connectivity index (χ1v) is 10.6. The second kappa shape index (κ2) is 8.81. The first-order chi connectivity index (χ1) is 14.5. The van der Waals surface area contributed by atoms with E-state index in [-0.39, 0.29) is 11.8 Å². The normalized spacial score (nSPS) is 16.5. The summed E-state index contributed by atoms with van der Waals surface area (Å²) in [7, 11) is 0. The number of halogens is 1. The lowest BCUT2D eigenvalue weighted by atomic mass is 10.0. The van der Waals surface area contributed by atoms with E-state index >= 15 is 0 Å². The zero-order chi connectivity index (χ0) is 21.1. The van der Waals surface area contributed by atoms with Crippen molar-refractivity contribution in [3.63, 3.8) is 0 Å². The number of nitrogens with one attached hydrogen (secondary N) is 1. The van der Waals surface area contributed by atoms with Crippen LogP contribution in [0.2, 0.25) is 0 Å². The first-order valence-electron chi connectivity index (χ1n) is 10.6. The number of urea groups is 1. The number of imidazole rings is 1. The summed E-state index contributed by atoms with van der Waals surface area (Å²) >= 11 is 0. The van der Waals surface area contributed by atoms with Gasteiger partial charge in [0.15, 0.2) is 5.65 Å². The van der Waals surface area contributed by atoms with E-state index in [4.69, 9.17) is 4.98 Å². The maximum atomic E-state index is 13.3. The molecule has 6 nitrogen and oxygen atoms in total. The fourth-order valence-electron chi connectivity index (χ4n) is 4.10. The van der Waals surface area contributed by atoms with E-state index in [9.17, 15) is 9.18 Å². The van der Waals surface area contributed by atoms with Gasteiger partial charge in [-0.05, 0) is 48.1 Å². The Morgan fingerprint density at radius 2 is 2.17 bits per heavy atom. The van der Waals surface area contributed by atoms with Crippen molar-refractivity contribution in [2.24, 2.45) is 11.8 Å². The first kappa shape index (κ1) is 20.3. The van der Waals surface area contributed by atoms with Gasteiger partial charge in [-0.2, -0.15) is 0 Å². The highest BCUT2D eigenvalue weighted by molar-refractivity contribution is 5.74. The van der Waals surface area contributed by atoms with E-state index < -0.39 is 0 Å². The zero-order valence-electron chi connectivity index (χ0n) is 17.5. The molecule has 0 saturated carbocycles. The number of hydrogen-bond acceptors (Lipinski definition) is 3. The average molecular weight is 410 g/mol. The summed E-state index contributed by atoms with van der Waals surface area (Å²) in [6, 6.07) is 10.1. The third-order valence-corrected chi connectivity index (χ3v) is 5.51. The van der Waals surface area contributed by atoms with E-state index in [0.29, 0.717) is 24.9 Å². The number of likely N-dealkylation sites (tertiary alicyclic amines) is 1. The van der Waals surface area contributed by atoms with Gasteiger partial charge in [0.05, 0.1) is 0 Å². The summed E-state index contributed by atoms with van der Waals surface area (Å²) in [6.07, 6.45) is 3.59. The maximum absolute atomic E-state index is 13.3. The number of aromatic nitrogens is 3. The zero-order valence-corrected chi connectivity index (χ0v) is 17.5. The monoisotopic (exact) mass is 409 g/mol. The molecule has 1 aliphatic heterocycles. The summed E-state index contributed by atoms with van der Waals surface area (Å²) in [5.74, 6) is 1.62. The number of amides is 2. The molecule has 1 N–H and O–H groups in total. The molecule has 0 unspecified atom stereocenters. The second-order valence-corrected chi connectivity index (χ2v) is 8.47. The van der Waals surface area contributed by atoms with Crippen LogP contribution in [0.15, 0.2) is 42.6 Å². The van der Waals surface area contributed by atoms with Crippen molar-refractivity contribution < 1.29 is 9.18 Å². The molecule has 0 radical (unpaired) electrons. The predicted molar refractivity (Wildman–Crippen MR) is 114 cm³/mol. The van der Waals surface area contributed by atoms with Crippen LogP contribution in [-0.4, -0.2) is 38.6 Å². The molecule has 0 aliphatic carbocycles. The van der Waals surface area contributed by atoms with Crippen molar-refractivity contribution in [1.29, 1.82) is 0 Å². The molecule has 1 fully saturated rings. The average Bonchev–Trinajstić information content (AvgIpc) is 3.31. The van der Waals surface area contributed by atoms with E-state index in [1.165, 1.54) is 12.1 Å². The number of hydrogen-bond donors (Lipinski definition) is 1. The molecule has 1 aromatic carbocycles. The van der Waals surface area contributed by atoms with Crippen LogP contribution in [-0.2, 0) is 19.5 Å². The number of benzene rings is 1. The van der Waals surface area contributed by atoms with E-state index in [0.717, 1.165) is 48.5 Å². The largest absolute Gasteiger partial charge is 0.334 e. The minimum absolute atomic E-state index is 0.0980. The van der Waals surface area contributed by atoms with Gasteiger partial charge >= 0.3 is 6.03 Å². The number of carbonyl (C=O) groups is 1. The molecule has 2 aromatic heterocycles. The third kappa shape index (κ3) is 4.61. The molecule has 1 saturated heterocycles. The Labute approximate surface area is 176 Å². The van der Waals surface area contributed by atoms with E-state index in [2.05, 4.69) is 28.7 Å². The van der Waals surface area contributed by atoms with Crippen molar-refractivity contribution >= 4 is 17.2 Å². The molecule has 2 amide bonds. The van der Waals surface area contributed by atoms with Gasteiger partial charge in [0.25, 0.3) is 0 Å². The molecule has 7 heteroatoms. The van der Waals surface area contributed by atoms with Crippen molar-refractivity contribution in [2.45, 2.75) is 39.8 Å². The lowest BCUT2D eigenvalue weighted by molar-refractivity contribution is 0.206. The maximum Gasteiger partial charge on any atom is 0.317 e. The van der Waals surface area contributed by atoms with Gasteiger partial charge in [-0.25, -0.2) is 19.2 Å². The molecular formula is C23H28FN5O. The molecule has 158 valence electrons. The number of carbonyl (C=O) groups excluding carboxylic acids is 1. The van der Waals surface area contributed by atoms with Crippen molar-refractivity contribution in [3.8, 4) is 0 Å². The van der Waals surface area contributed by atoms with Crippen molar-refractivity contribution in [2.75, 3.05) is 13.1 Å². The van der Waals surface area contributed by atoms with Gasteiger partial charge in [0.2, 0.25) is 0 Å². The summed E-state index contributed by atoms with van der Waals surface area (Å²) in [5, 5.41) is 2.90.